The monoisotopic (exact) mass is 615 g/mol. The quantitative estimate of drug-likeness (QED) is 0.369. The summed E-state index contributed by atoms with van der Waals surface area (Å²) in [6.45, 7) is 8.19. The van der Waals surface area contributed by atoms with Gasteiger partial charge in [0.25, 0.3) is 0 Å². The fraction of sp³-hybridized carbons (Fsp3) is 0.447. The number of rotatable bonds is 6. The molecule has 1 aromatic carbocycles. The normalized spacial score (nSPS) is 26.4. The number of imidazole rings is 1. The number of hydrogen-bond donors (Lipinski definition) is 1. The van der Waals surface area contributed by atoms with Crippen LogP contribution in [0.4, 0.5) is 11.5 Å². The Labute approximate surface area is 272 Å². The number of fused-ring (bicyclic) bond motifs is 2. The molecule has 5 aliphatic rings. The second kappa shape index (κ2) is 12.6. The largest absolute Gasteiger partial charge is 0.372 e. The molecule has 46 heavy (non-hydrogen) atoms. The predicted octanol–water partition coefficient (Wildman–Crippen LogP) is 5.97. The van der Waals surface area contributed by atoms with Crippen LogP contribution in [-0.4, -0.2) is 81.9 Å². The molecule has 2 fully saturated rings. The highest BCUT2D eigenvalue weighted by atomic mass is 16.2. The molecule has 4 heterocycles. The lowest BCUT2D eigenvalue weighted by atomic mass is 9.75. The second-order valence-electron chi connectivity index (χ2n) is 13.6. The highest BCUT2D eigenvalue weighted by Crippen LogP contribution is 2.44. The molecule has 1 N–H and O–H groups in total. The number of anilines is 2. The van der Waals surface area contributed by atoms with Crippen LogP contribution in [0.1, 0.15) is 39.0 Å². The molecular formula is C38H45N7O. The molecule has 0 bridgehead atoms. The van der Waals surface area contributed by atoms with Crippen molar-refractivity contribution in [3.63, 3.8) is 0 Å². The van der Waals surface area contributed by atoms with Gasteiger partial charge in [-0.25, -0.2) is 4.98 Å². The van der Waals surface area contributed by atoms with Gasteiger partial charge >= 0.3 is 0 Å². The Balaban J connectivity index is 0.969. The summed E-state index contributed by atoms with van der Waals surface area (Å²) >= 11 is 0. The van der Waals surface area contributed by atoms with E-state index in [1.165, 1.54) is 31.4 Å². The molecule has 2 aliphatic heterocycles. The van der Waals surface area contributed by atoms with Crippen molar-refractivity contribution < 1.29 is 4.79 Å². The molecule has 8 heteroatoms. The van der Waals surface area contributed by atoms with E-state index >= 15 is 0 Å². The molecule has 1 amide bonds. The number of amides is 1. The van der Waals surface area contributed by atoms with E-state index in [0.717, 1.165) is 68.4 Å². The van der Waals surface area contributed by atoms with Crippen LogP contribution in [0.25, 0.3) is 16.9 Å². The number of piperazine rings is 1. The number of nitrogens with zero attached hydrogens (tertiary/aromatic N) is 6. The molecule has 8 rings (SSSR count). The van der Waals surface area contributed by atoms with E-state index in [2.05, 4.69) is 87.7 Å². The lowest BCUT2D eigenvalue weighted by molar-refractivity contribution is -0.131. The van der Waals surface area contributed by atoms with Gasteiger partial charge in [0.2, 0.25) is 5.91 Å². The zero-order valence-corrected chi connectivity index (χ0v) is 26.9. The van der Waals surface area contributed by atoms with Crippen molar-refractivity contribution in [1.82, 2.24) is 24.2 Å². The molecular weight excluding hydrogens is 570 g/mol. The molecule has 3 aliphatic carbocycles. The summed E-state index contributed by atoms with van der Waals surface area (Å²) in [4.78, 5) is 30.1. The number of carbonyl (C=O) groups excluding carboxylic acids is 1. The van der Waals surface area contributed by atoms with Crippen LogP contribution >= 0.6 is 0 Å². The molecule has 2 aromatic heterocycles. The number of nitrogens with one attached hydrogen (secondary N) is 1. The third-order valence-electron chi connectivity index (χ3n) is 10.9. The highest BCUT2D eigenvalue weighted by Gasteiger charge is 2.40. The first kappa shape index (κ1) is 29.2. The summed E-state index contributed by atoms with van der Waals surface area (Å²) in [6, 6.07) is 9.08. The van der Waals surface area contributed by atoms with Gasteiger partial charge in [0.1, 0.15) is 11.5 Å². The van der Waals surface area contributed by atoms with Crippen LogP contribution in [0.3, 0.4) is 0 Å². The molecule has 3 aromatic rings. The molecule has 0 radical (unpaired) electrons. The van der Waals surface area contributed by atoms with E-state index < -0.39 is 0 Å². The Kier molecular flexibility index (Phi) is 7.98. The fourth-order valence-corrected chi connectivity index (χ4v) is 8.53. The summed E-state index contributed by atoms with van der Waals surface area (Å²) in [5.41, 5.74) is 7.11. The Morgan fingerprint density at radius 3 is 2.63 bits per heavy atom. The van der Waals surface area contributed by atoms with Crippen LogP contribution < -0.4 is 10.2 Å². The topological polar surface area (TPSA) is 69.0 Å². The van der Waals surface area contributed by atoms with Crippen LogP contribution in [0, 0.1) is 17.8 Å². The number of benzene rings is 1. The lowest BCUT2D eigenvalue weighted by Crippen LogP contribution is -2.56. The van der Waals surface area contributed by atoms with Gasteiger partial charge < -0.3 is 15.1 Å². The minimum atomic E-state index is 0.132. The van der Waals surface area contributed by atoms with E-state index in [1.807, 2.05) is 15.5 Å². The maximum absolute atomic E-state index is 13.7. The van der Waals surface area contributed by atoms with Gasteiger partial charge in [0.15, 0.2) is 5.65 Å². The first-order valence-corrected chi connectivity index (χ1v) is 17.3. The lowest BCUT2D eigenvalue weighted by Gasteiger charge is -2.45. The highest BCUT2D eigenvalue weighted by molar-refractivity contribution is 5.84. The molecule has 238 valence electrons. The maximum atomic E-state index is 13.7. The zero-order valence-electron chi connectivity index (χ0n) is 26.9. The first-order chi connectivity index (χ1) is 22.6. The average molecular weight is 616 g/mol. The predicted molar refractivity (Wildman–Crippen MR) is 185 cm³/mol. The Hall–Kier alpha value is -4.17. The van der Waals surface area contributed by atoms with E-state index in [0.29, 0.717) is 23.8 Å². The zero-order chi connectivity index (χ0) is 31.0. The number of carbonyl (C=O) groups is 1. The first-order valence-electron chi connectivity index (χ1n) is 17.3. The number of hydrogen-bond acceptors (Lipinski definition) is 6. The van der Waals surface area contributed by atoms with E-state index in [9.17, 15) is 4.79 Å². The van der Waals surface area contributed by atoms with Crippen molar-refractivity contribution in [2.24, 2.45) is 17.8 Å². The van der Waals surface area contributed by atoms with Gasteiger partial charge in [-0.2, -0.15) is 0 Å². The maximum Gasteiger partial charge on any atom is 0.242 e. The fourth-order valence-electron chi connectivity index (χ4n) is 8.53. The van der Waals surface area contributed by atoms with Crippen molar-refractivity contribution in [3.05, 3.63) is 90.5 Å². The van der Waals surface area contributed by atoms with Crippen LogP contribution in [-0.2, 0) is 4.79 Å². The van der Waals surface area contributed by atoms with Crippen molar-refractivity contribution in [1.29, 1.82) is 0 Å². The number of allylic oxidation sites excluding steroid dienone is 6. The van der Waals surface area contributed by atoms with Crippen LogP contribution in [0.5, 0.6) is 0 Å². The second-order valence-corrected chi connectivity index (χ2v) is 13.6. The van der Waals surface area contributed by atoms with Gasteiger partial charge in [0, 0.05) is 74.9 Å². The van der Waals surface area contributed by atoms with E-state index in [-0.39, 0.29) is 12.5 Å². The third-order valence-corrected chi connectivity index (χ3v) is 10.9. The van der Waals surface area contributed by atoms with E-state index in [4.69, 9.17) is 4.98 Å². The van der Waals surface area contributed by atoms with Gasteiger partial charge in [-0.1, -0.05) is 55.5 Å². The molecule has 4 atom stereocenters. The Bertz CT molecular complexity index is 1700. The SMILES string of the molecule is CC1CC=CC2=C1C(N1CCN(C(=O)CNc3c(-c4ccc(N5CCCC5)cc4)nc4cnccn34)CC1)C1C=CC=CC1CC2. The minimum Gasteiger partial charge on any atom is -0.372 e. The van der Waals surface area contributed by atoms with E-state index in [1.54, 1.807) is 23.5 Å². The summed E-state index contributed by atoms with van der Waals surface area (Å²) in [6.07, 6.45) is 25.6. The van der Waals surface area contributed by atoms with Gasteiger partial charge in [-0.3, -0.25) is 19.1 Å². The summed E-state index contributed by atoms with van der Waals surface area (Å²) in [5, 5.41) is 3.49. The standard InChI is InChI=1S/C38H45N7O/c1-27-7-6-9-29-12-11-28-8-2-3-10-32(28)37(35(27)29)44-23-21-43(22-24-44)34(46)26-40-38-36(41-33-25-39-17-20-45(33)38)30-13-15-31(16-14-30)42-18-4-5-19-42/h2-3,6,8-10,13-17,20,25,27-28,32,37,40H,4-5,7,11-12,18-19,21-24,26H2,1H3. The smallest absolute Gasteiger partial charge is 0.242 e. The Morgan fingerprint density at radius 1 is 1.00 bits per heavy atom. The van der Waals surface area contributed by atoms with Gasteiger partial charge in [-0.15, -0.1) is 0 Å². The van der Waals surface area contributed by atoms with Gasteiger partial charge in [-0.05, 0) is 67.2 Å². The van der Waals surface area contributed by atoms with Crippen molar-refractivity contribution in [3.8, 4) is 11.3 Å². The minimum absolute atomic E-state index is 0.132. The molecule has 0 saturated carbocycles. The van der Waals surface area contributed by atoms with Gasteiger partial charge in [0.05, 0.1) is 12.7 Å². The molecule has 4 unspecified atom stereocenters. The Morgan fingerprint density at radius 2 is 1.80 bits per heavy atom. The van der Waals surface area contributed by atoms with Crippen molar-refractivity contribution in [2.45, 2.75) is 45.1 Å². The number of aromatic nitrogens is 3. The summed E-state index contributed by atoms with van der Waals surface area (Å²) in [7, 11) is 0. The van der Waals surface area contributed by atoms with Crippen molar-refractivity contribution in [2.75, 3.05) is 56.0 Å². The molecule has 2 saturated heterocycles. The van der Waals surface area contributed by atoms with Crippen LogP contribution in [0.2, 0.25) is 0 Å². The third kappa shape index (κ3) is 5.46. The van der Waals surface area contributed by atoms with Crippen molar-refractivity contribution >= 4 is 23.1 Å². The summed E-state index contributed by atoms with van der Waals surface area (Å²) in [5.74, 6) is 2.61. The molecule has 8 nitrogen and oxygen atoms in total. The summed E-state index contributed by atoms with van der Waals surface area (Å²) < 4.78 is 2.00. The molecule has 0 spiro atoms. The van der Waals surface area contributed by atoms with Crippen LogP contribution in [0.15, 0.2) is 90.5 Å². The average Bonchev–Trinajstić information content (AvgIpc) is 3.73.